The molecule has 0 atom stereocenters. The molecule has 0 aliphatic carbocycles. The minimum atomic E-state index is -3.57. The van der Waals surface area contributed by atoms with Crippen LogP contribution in [-0.2, 0) is 10.0 Å². The van der Waals surface area contributed by atoms with Crippen LogP contribution in [0.5, 0.6) is 0 Å². The topological polar surface area (TPSA) is 59.1 Å². The lowest BCUT2D eigenvalue weighted by molar-refractivity contribution is 0.600. The van der Waals surface area contributed by atoms with E-state index >= 15 is 0 Å². The van der Waals surface area contributed by atoms with Gasteiger partial charge >= 0.3 is 0 Å². The number of benzene rings is 1. The van der Waals surface area contributed by atoms with Crippen molar-refractivity contribution in [2.75, 3.05) is 4.72 Å². The predicted molar refractivity (Wildman–Crippen MR) is 78.3 cm³/mol. The van der Waals surface area contributed by atoms with Crippen molar-refractivity contribution in [2.24, 2.45) is 0 Å². The molecule has 0 bridgehead atoms. The van der Waals surface area contributed by atoms with E-state index in [1.807, 2.05) is 32.2 Å². The highest BCUT2D eigenvalue weighted by Gasteiger charge is 2.19. The van der Waals surface area contributed by atoms with Crippen molar-refractivity contribution < 1.29 is 8.42 Å². The zero-order valence-corrected chi connectivity index (χ0v) is 12.9. The molecule has 1 N–H and O–H groups in total. The van der Waals surface area contributed by atoms with Gasteiger partial charge in [0.1, 0.15) is 0 Å². The minimum absolute atomic E-state index is 0.309. The van der Waals surface area contributed by atoms with Gasteiger partial charge in [0.25, 0.3) is 10.0 Å². The van der Waals surface area contributed by atoms with E-state index in [9.17, 15) is 8.42 Å². The van der Waals surface area contributed by atoms with Gasteiger partial charge in [-0.15, -0.1) is 11.3 Å². The average molecular weight is 296 g/mol. The van der Waals surface area contributed by atoms with E-state index in [0.29, 0.717) is 10.0 Å². The molecule has 4 nitrogen and oxygen atoms in total. The number of hydrogen-bond acceptors (Lipinski definition) is 4. The number of nitrogens with one attached hydrogen (secondary N) is 1. The number of nitrogens with zero attached hydrogens (tertiary/aromatic N) is 1. The van der Waals surface area contributed by atoms with Crippen molar-refractivity contribution in [2.45, 2.75) is 32.6 Å². The van der Waals surface area contributed by atoms with Crippen LogP contribution >= 0.6 is 11.3 Å². The molecule has 1 aromatic heterocycles. The van der Waals surface area contributed by atoms with Crippen LogP contribution < -0.4 is 4.72 Å². The number of hydrogen-bond donors (Lipinski definition) is 1. The van der Waals surface area contributed by atoms with Crippen LogP contribution in [0.15, 0.2) is 22.4 Å². The van der Waals surface area contributed by atoms with E-state index in [0.717, 1.165) is 22.4 Å². The zero-order valence-electron chi connectivity index (χ0n) is 11.3. The van der Waals surface area contributed by atoms with Crippen LogP contribution in [0.2, 0.25) is 0 Å². The van der Waals surface area contributed by atoms with Gasteiger partial charge in [0, 0.05) is 5.38 Å². The first kappa shape index (κ1) is 14.0. The Morgan fingerprint density at radius 2 is 1.68 bits per heavy atom. The van der Waals surface area contributed by atoms with Crippen molar-refractivity contribution in [3.8, 4) is 0 Å². The lowest BCUT2D eigenvalue weighted by Gasteiger charge is -2.11. The van der Waals surface area contributed by atoms with Crippen molar-refractivity contribution >= 4 is 26.5 Å². The molecule has 1 heterocycles. The number of thiazole rings is 1. The maximum Gasteiger partial charge on any atom is 0.263 e. The van der Waals surface area contributed by atoms with E-state index in [-0.39, 0.29) is 0 Å². The van der Waals surface area contributed by atoms with Gasteiger partial charge < -0.3 is 0 Å². The van der Waals surface area contributed by atoms with Gasteiger partial charge in [-0.1, -0.05) is 6.07 Å². The third-order valence-electron chi connectivity index (χ3n) is 2.92. The van der Waals surface area contributed by atoms with Crippen molar-refractivity contribution in [3.63, 3.8) is 0 Å². The van der Waals surface area contributed by atoms with Crippen LogP contribution in [0.3, 0.4) is 0 Å². The molecule has 19 heavy (non-hydrogen) atoms. The molecular formula is C13H16N2O2S2. The summed E-state index contributed by atoms with van der Waals surface area (Å²) in [7, 11) is -3.57. The molecule has 1 aromatic carbocycles. The number of sulfonamides is 1. The third-order valence-corrected chi connectivity index (χ3v) is 5.41. The molecule has 2 aromatic rings. The smallest absolute Gasteiger partial charge is 0.255 e. The summed E-state index contributed by atoms with van der Waals surface area (Å²) in [5.74, 6) is 0. The Balaban J connectivity index is 2.42. The van der Waals surface area contributed by atoms with Gasteiger partial charge in [0.15, 0.2) is 5.13 Å². The molecule has 0 saturated heterocycles. The number of rotatable bonds is 3. The molecular weight excluding hydrogens is 280 g/mol. The Kier molecular flexibility index (Phi) is 3.64. The molecule has 0 unspecified atom stereocenters. The predicted octanol–water partition coefficient (Wildman–Crippen LogP) is 3.18. The van der Waals surface area contributed by atoms with Crippen molar-refractivity contribution in [1.82, 2.24) is 4.98 Å². The Labute approximate surface area is 117 Å². The second kappa shape index (κ2) is 4.94. The standard InChI is InChI=1S/C13H16N2O2S2/c1-8-5-10(3)12(6-9(8)2)19(16,17)15-13-14-11(4)7-18-13/h5-7H,1-4H3,(H,14,15). The first-order chi connectivity index (χ1) is 8.79. The lowest BCUT2D eigenvalue weighted by Crippen LogP contribution is -2.14. The third kappa shape index (κ3) is 2.96. The van der Waals surface area contributed by atoms with Crippen LogP contribution in [0.4, 0.5) is 5.13 Å². The summed E-state index contributed by atoms with van der Waals surface area (Å²) >= 11 is 1.28. The summed E-state index contributed by atoms with van der Waals surface area (Å²) in [6, 6.07) is 3.59. The van der Waals surface area contributed by atoms with Gasteiger partial charge in [0.2, 0.25) is 0 Å². The fourth-order valence-corrected chi connectivity index (χ4v) is 4.05. The fourth-order valence-electron chi connectivity index (χ4n) is 1.79. The second-order valence-electron chi connectivity index (χ2n) is 4.60. The summed E-state index contributed by atoms with van der Waals surface area (Å²) in [6.07, 6.45) is 0. The van der Waals surface area contributed by atoms with E-state index < -0.39 is 10.0 Å². The summed E-state index contributed by atoms with van der Waals surface area (Å²) in [5.41, 5.74) is 3.59. The van der Waals surface area contributed by atoms with Crippen molar-refractivity contribution in [1.29, 1.82) is 0 Å². The van der Waals surface area contributed by atoms with Gasteiger partial charge in [-0.05, 0) is 50.5 Å². The summed E-state index contributed by atoms with van der Waals surface area (Å²) in [6.45, 7) is 7.50. The molecule has 2 rings (SSSR count). The Morgan fingerprint density at radius 1 is 1.05 bits per heavy atom. The summed E-state index contributed by atoms with van der Waals surface area (Å²) < 4.78 is 27.2. The molecule has 0 aliphatic rings. The summed E-state index contributed by atoms with van der Waals surface area (Å²) in [4.78, 5) is 4.43. The average Bonchev–Trinajstić information content (AvgIpc) is 2.68. The molecule has 6 heteroatoms. The van der Waals surface area contributed by atoms with Gasteiger partial charge in [-0.2, -0.15) is 0 Å². The first-order valence-corrected chi connectivity index (χ1v) is 8.18. The highest BCUT2D eigenvalue weighted by molar-refractivity contribution is 7.93. The summed E-state index contributed by atoms with van der Waals surface area (Å²) in [5, 5.41) is 2.21. The van der Waals surface area contributed by atoms with Crippen LogP contribution in [-0.4, -0.2) is 13.4 Å². The SMILES string of the molecule is Cc1csc(NS(=O)(=O)c2cc(C)c(C)cc2C)n1. The number of aryl methyl sites for hydroxylation is 4. The molecule has 102 valence electrons. The maximum atomic E-state index is 12.4. The molecule has 0 amide bonds. The quantitative estimate of drug-likeness (QED) is 0.946. The van der Waals surface area contributed by atoms with Gasteiger partial charge in [0.05, 0.1) is 10.6 Å². The van der Waals surface area contributed by atoms with E-state index in [1.54, 1.807) is 13.0 Å². The van der Waals surface area contributed by atoms with E-state index in [2.05, 4.69) is 9.71 Å². The second-order valence-corrected chi connectivity index (χ2v) is 7.11. The highest BCUT2D eigenvalue weighted by atomic mass is 32.2. The number of anilines is 1. The van der Waals surface area contributed by atoms with Gasteiger partial charge in [-0.25, -0.2) is 13.4 Å². The highest BCUT2D eigenvalue weighted by Crippen LogP contribution is 2.24. The van der Waals surface area contributed by atoms with Crippen LogP contribution in [0, 0.1) is 27.7 Å². The Hall–Kier alpha value is -1.40. The Morgan fingerprint density at radius 3 is 2.26 bits per heavy atom. The van der Waals surface area contributed by atoms with E-state index in [4.69, 9.17) is 0 Å². The lowest BCUT2D eigenvalue weighted by atomic mass is 10.1. The van der Waals surface area contributed by atoms with Crippen molar-refractivity contribution in [3.05, 3.63) is 39.9 Å². The minimum Gasteiger partial charge on any atom is -0.255 e. The zero-order chi connectivity index (χ0) is 14.2. The first-order valence-electron chi connectivity index (χ1n) is 5.82. The number of aromatic nitrogens is 1. The van der Waals surface area contributed by atoms with Crippen LogP contribution in [0.25, 0.3) is 0 Å². The van der Waals surface area contributed by atoms with Gasteiger partial charge in [-0.3, -0.25) is 4.72 Å². The maximum absolute atomic E-state index is 12.4. The van der Waals surface area contributed by atoms with E-state index in [1.165, 1.54) is 11.3 Å². The molecule has 0 fully saturated rings. The molecule has 0 aliphatic heterocycles. The fraction of sp³-hybridized carbons (Fsp3) is 0.308. The molecule has 0 spiro atoms. The Bertz CT molecular complexity index is 718. The molecule has 0 saturated carbocycles. The van der Waals surface area contributed by atoms with Crippen LogP contribution in [0.1, 0.15) is 22.4 Å². The molecule has 0 radical (unpaired) electrons. The normalized spacial score (nSPS) is 11.6. The largest absolute Gasteiger partial charge is 0.263 e. The monoisotopic (exact) mass is 296 g/mol.